The first-order valence-corrected chi connectivity index (χ1v) is 6.31. The number of rotatable bonds is 7. The van der Waals surface area contributed by atoms with Gasteiger partial charge in [0.2, 0.25) is 0 Å². The fourth-order valence-electron chi connectivity index (χ4n) is 1.83. The van der Waals surface area contributed by atoms with Crippen molar-refractivity contribution in [2.45, 2.75) is 45.3 Å². The second-order valence-electron chi connectivity index (χ2n) is 4.62. The minimum Gasteiger partial charge on any atom is -0.508 e. The Morgan fingerprint density at radius 1 is 1.24 bits per heavy atom. The Kier molecular flexibility index (Phi) is 6.01. The number of hydrogen-bond donors (Lipinski definition) is 3. The highest BCUT2D eigenvalue weighted by Crippen LogP contribution is 2.11. The molecule has 0 aromatic heterocycles. The molecule has 1 aromatic carbocycles. The van der Waals surface area contributed by atoms with Crippen molar-refractivity contribution in [3.63, 3.8) is 0 Å². The first kappa shape index (κ1) is 14.0. The molecule has 0 aliphatic heterocycles. The van der Waals surface area contributed by atoms with Crippen LogP contribution in [0.5, 0.6) is 5.75 Å². The largest absolute Gasteiger partial charge is 0.508 e. The second kappa shape index (κ2) is 7.30. The smallest absolute Gasteiger partial charge is 0.115 e. The van der Waals surface area contributed by atoms with E-state index < -0.39 is 0 Å². The molecular formula is C14H23NO2. The topological polar surface area (TPSA) is 52.5 Å². The van der Waals surface area contributed by atoms with Gasteiger partial charge in [-0.1, -0.05) is 25.5 Å². The third kappa shape index (κ3) is 5.71. The van der Waals surface area contributed by atoms with Crippen molar-refractivity contribution in [1.82, 2.24) is 5.32 Å². The van der Waals surface area contributed by atoms with Crippen LogP contribution in [0.1, 0.15) is 32.3 Å². The fraction of sp³-hybridized carbons (Fsp3) is 0.571. The molecule has 2 atom stereocenters. The third-order valence-corrected chi connectivity index (χ3v) is 2.80. The van der Waals surface area contributed by atoms with Crippen molar-refractivity contribution in [2.75, 3.05) is 6.54 Å². The van der Waals surface area contributed by atoms with Crippen LogP contribution in [0.25, 0.3) is 0 Å². The van der Waals surface area contributed by atoms with Crippen molar-refractivity contribution in [2.24, 2.45) is 0 Å². The maximum Gasteiger partial charge on any atom is 0.115 e. The summed E-state index contributed by atoms with van der Waals surface area (Å²) in [7, 11) is 0. The van der Waals surface area contributed by atoms with Crippen LogP contribution < -0.4 is 5.32 Å². The number of aromatic hydroxyl groups is 1. The molecule has 1 aromatic rings. The Balaban J connectivity index is 2.29. The zero-order valence-corrected chi connectivity index (χ0v) is 10.7. The zero-order valence-electron chi connectivity index (χ0n) is 10.7. The molecular weight excluding hydrogens is 214 g/mol. The quantitative estimate of drug-likeness (QED) is 0.680. The number of aliphatic hydroxyl groups is 1. The third-order valence-electron chi connectivity index (χ3n) is 2.80. The monoisotopic (exact) mass is 237 g/mol. The number of benzene rings is 1. The minimum absolute atomic E-state index is 0.248. The van der Waals surface area contributed by atoms with Crippen LogP contribution in [0.2, 0.25) is 0 Å². The first-order valence-electron chi connectivity index (χ1n) is 6.31. The summed E-state index contributed by atoms with van der Waals surface area (Å²) in [6.45, 7) is 4.82. The summed E-state index contributed by atoms with van der Waals surface area (Å²) in [5, 5.41) is 22.1. The van der Waals surface area contributed by atoms with E-state index in [0.29, 0.717) is 18.3 Å². The summed E-state index contributed by atoms with van der Waals surface area (Å²) in [6.07, 6.45) is 2.51. The van der Waals surface area contributed by atoms with Gasteiger partial charge in [0.1, 0.15) is 5.75 Å². The fourth-order valence-corrected chi connectivity index (χ4v) is 1.83. The summed E-state index contributed by atoms with van der Waals surface area (Å²) < 4.78 is 0. The van der Waals surface area contributed by atoms with Gasteiger partial charge in [-0.3, -0.25) is 0 Å². The molecule has 3 nitrogen and oxygen atoms in total. The van der Waals surface area contributed by atoms with Crippen LogP contribution in [0, 0.1) is 0 Å². The van der Waals surface area contributed by atoms with Crippen LogP contribution in [0.4, 0.5) is 0 Å². The molecule has 3 heteroatoms. The number of aliphatic hydroxyl groups excluding tert-OH is 1. The van der Waals surface area contributed by atoms with Crippen LogP contribution in [-0.2, 0) is 6.42 Å². The van der Waals surface area contributed by atoms with Gasteiger partial charge >= 0.3 is 0 Å². The maximum absolute atomic E-state index is 9.60. The van der Waals surface area contributed by atoms with Gasteiger partial charge in [0.25, 0.3) is 0 Å². The van der Waals surface area contributed by atoms with Crippen LogP contribution in [0.15, 0.2) is 24.3 Å². The zero-order chi connectivity index (χ0) is 12.7. The molecule has 0 saturated carbocycles. The molecule has 0 radical (unpaired) electrons. The highest BCUT2D eigenvalue weighted by molar-refractivity contribution is 5.26. The van der Waals surface area contributed by atoms with Gasteiger partial charge in [-0.2, -0.15) is 0 Å². The molecule has 0 aliphatic rings. The Labute approximate surface area is 103 Å². The van der Waals surface area contributed by atoms with Gasteiger partial charge < -0.3 is 15.5 Å². The standard InChI is InChI=1S/C14H23NO2/c1-3-4-14(17)10-15-11(2)9-12-5-7-13(16)8-6-12/h5-8,11,14-17H,3-4,9-10H2,1-2H3. The van der Waals surface area contributed by atoms with Crippen molar-refractivity contribution in [1.29, 1.82) is 0 Å². The van der Waals surface area contributed by atoms with Crippen molar-refractivity contribution < 1.29 is 10.2 Å². The van der Waals surface area contributed by atoms with Crippen molar-refractivity contribution in [3.8, 4) is 5.75 Å². The van der Waals surface area contributed by atoms with Gasteiger partial charge in [0, 0.05) is 12.6 Å². The molecule has 1 rings (SSSR count). The van der Waals surface area contributed by atoms with Crippen molar-refractivity contribution in [3.05, 3.63) is 29.8 Å². The Hall–Kier alpha value is -1.06. The highest BCUT2D eigenvalue weighted by Gasteiger charge is 2.06. The van der Waals surface area contributed by atoms with E-state index in [2.05, 4.69) is 19.2 Å². The second-order valence-corrected chi connectivity index (χ2v) is 4.62. The number of phenols is 1. The summed E-state index contributed by atoms with van der Waals surface area (Å²) in [4.78, 5) is 0. The number of phenolic OH excluding ortho intramolecular Hbond substituents is 1. The van der Waals surface area contributed by atoms with E-state index in [1.54, 1.807) is 12.1 Å². The van der Waals surface area contributed by atoms with E-state index in [0.717, 1.165) is 19.3 Å². The van der Waals surface area contributed by atoms with E-state index in [1.807, 2.05) is 12.1 Å². The SMILES string of the molecule is CCCC(O)CNC(C)Cc1ccc(O)cc1. The molecule has 2 unspecified atom stereocenters. The first-order chi connectivity index (χ1) is 8.11. The molecule has 17 heavy (non-hydrogen) atoms. The number of hydrogen-bond acceptors (Lipinski definition) is 3. The molecule has 0 aliphatic carbocycles. The van der Waals surface area contributed by atoms with E-state index in [9.17, 15) is 10.2 Å². The van der Waals surface area contributed by atoms with Gasteiger partial charge in [-0.15, -0.1) is 0 Å². The lowest BCUT2D eigenvalue weighted by Crippen LogP contribution is -2.34. The van der Waals surface area contributed by atoms with Crippen molar-refractivity contribution >= 4 is 0 Å². The van der Waals surface area contributed by atoms with E-state index in [4.69, 9.17) is 0 Å². The molecule has 96 valence electrons. The Morgan fingerprint density at radius 2 is 1.88 bits per heavy atom. The van der Waals surface area contributed by atoms with Gasteiger partial charge in [0.15, 0.2) is 0 Å². The maximum atomic E-state index is 9.60. The van der Waals surface area contributed by atoms with E-state index in [-0.39, 0.29) is 6.10 Å². The predicted molar refractivity (Wildman–Crippen MR) is 70.2 cm³/mol. The molecule has 0 fully saturated rings. The molecule has 0 heterocycles. The van der Waals surface area contributed by atoms with Gasteiger partial charge in [-0.05, 0) is 37.5 Å². The molecule has 0 bridgehead atoms. The highest BCUT2D eigenvalue weighted by atomic mass is 16.3. The summed E-state index contributed by atoms with van der Waals surface area (Å²) >= 11 is 0. The molecule has 3 N–H and O–H groups in total. The summed E-state index contributed by atoms with van der Waals surface area (Å²) in [5.74, 6) is 0.299. The Bertz CT molecular complexity index is 311. The average Bonchev–Trinajstić information content (AvgIpc) is 2.30. The number of nitrogens with one attached hydrogen (secondary N) is 1. The molecule has 0 saturated heterocycles. The van der Waals surface area contributed by atoms with Gasteiger partial charge in [-0.25, -0.2) is 0 Å². The molecule has 0 amide bonds. The normalized spacial score (nSPS) is 14.5. The van der Waals surface area contributed by atoms with Gasteiger partial charge in [0.05, 0.1) is 6.10 Å². The lowest BCUT2D eigenvalue weighted by molar-refractivity contribution is 0.157. The Morgan fingerprint density at radius 3 is 2.47 bits per heavy atom. The van der Waals surface area contributed by atoms with Crippen LogP contribution in [0.3, 0.4) is 0 Å². The predicted octanol–water partition coefficient (Wildman–Crippen LogP) is 2.07. The lowest BCUT2D eigenvalue weighted by Gasteiger charge is -2.16. The average molecular weight is 237 g/mol. The van der Waals surface area contributed by atoms with Crippen LogP contribution >= 0.6 is 0 Å². The summed E-state index contributed by atoms with van der Waals surface area (Å²) in [5.41, 5.74) is 1.19. The molecule has 0 spiro atoms. The van der Waals surface area contributed by atoms with E-state index >= 15 is 0 Å². The lowest BCUT2D eigenvalue weighted by atomic mass is 10.1. The minimum atomic E-state index is -0.248. The van der Waals surface area contributed by atoms with E-state index in [1.165, 1.54) is 5.56 Å². The summed E-state index contributed by atoms with van der Waals surface area (Å²) in [6, 6.07) is 7.58. The van der Waals surface area contributed by atoms with Crippen LogP contribution in [-0.4, -0.2) is 28.9 Å².